The van der Waals surface area contributed by atoms with Crippen molar-refractivity contribution < 1.29 is 119 Å². The molecule has 37 nitrogen and oxygen atoms in total. The van der Waals surface area contributed by atoms with Gasteiger partial charge in [-0.05, 0) is 167 Å². The van der Waals surface area contributed by atoms with Gasteiger partial charge in [0.25, 0.3) is 20.2 Å². The lowest BCUT2D eigenvalue weighted by atomic mass is 10.2. The molecule has 0 saturated carbocycles. The number of carbonyl (C=O) groups is 6. The predicted molar refractivity (Wildman–Crippen MR) is 483 cm³/mol. The molecule has 7 aromatic heterocycles. The van der Waals surface area contributed by atoms with Crippen LogP contribution in [0.1, 0.15) is 208 Å². The quantitative estimate of drug-likeness (QED) is 0.0151. The van der Waals surface area contributed by atoms with Crippen molar-refractivity contribution in [2.24, 2.45) is 0 Å². The zero-order chi connectivity index (χ0) is 92.0. The van der Waals surface area contributed by atoms with Crippen molar-refractivity contribution in [3.63, 3.8) is 0 Å². The van der Waals surface area contributed by atoms with Crippen LogP contribution in [0, 0.1) is 0 Å². The van der Waals surface area contributed by atoms with Crippen molar-refractivity contribution in [3.05, 3.63) is 168 Å². The van der Waals surface area contributed by atoms with Crippen molar-refractivity contribution in [1.29, 1.82) is 0 Å². The van der Waals surface area contributed by atoms with Gasteiger partial charge in [0, 0.05) is 153 Å². The lowest BCUT2D eigenvalue weighted by Gasteiger charge is -2.20. The largest absolute Gasteiger partial charge is 0.519 e. The number of halogens is 4. The number of amides is 4. The van der Waals surface area contributed by atoms with Crippen molar-refractivity contribution in [2.45, 2.75) is 249 Å². The molecular formula is C81H134ClF3N14O23S3. The summed E-state index contributed by atoms with van der Waals surface area (Å²) in [7, 11) is -5.83. The lowest BCUT2D eigenvalue weighted by molar-refractivity contribution is -0.0295. The maximum absolute atomic E-state index is 12.5. The average Bonchev–Trinajstić information content (AvgIpc) is 0.863. The minimum Gasteiger partial charge on any atom is -0.444 e. The first-order valence-corrected chi connectivity index (χ1v) is 41.2. The Hall–Kier alpha value is -11.0. The topological polar surface area (TPSA) is 545 Å². The Kier molecular flexibility index (Phi) is 64.5. The van der Waals surface area contributed by atoms with Crippen molar-refractivity contribution in [3.8, 4) is 0 Å². The Bertz CT molecular complexity index is 4330. The summed E-state index contributed by atoms with van der Waals surface area (Å²) in [4.78, 5) is 94.7. The second kappa shape index (κ2) is 62.2. The highest BCUT2D eigenvalue weighted by molar-refractivity contribution is 8.13. The standard InChI is InChI=1S/2C12H18N2O5S.C11H15FN2O2.C11H16N2O3.C10H18O5.2C6H7FN2.C6H8N2O.CH3ClO2S.6CH4/c2*1-12(2,3)19-11(15)14-10-5-6-13-7-9(10)8-18-20(4,16)17;1-11(2,3)16-10(15)14-9-4-5-13-7-8(9)6-12;1-11(2,3)16-10(15)13-9-4-5-12-6-8(9)7-14;1-9(2,3)14-7(11)13-8(12)15-10(4,5)6;2*7-3-5-4-9-2-1-6(5)8;7-6-1-2-8-3-5(6)4-9;1-5(2,3)4;;;;;;/h2*5-7H,8H2,1-4H3,(H,13,14,15);4-5,7H,6H2,1-3H3,(H,13,14,15);4-6,14H,7H2,1-3H3,(H,12,13,15);1-6H3;2*1-2,4H,3H2,(H2,8,9);1-3,9H,4H2,(H2,7,8);1H3;6*1H4/i;;12-1;;;2*7-1;;;;;;;;. The molecule has 0 atom stereocenters. The van der Waals surface area contributed by atoms with E-state index >= 15 is 0 Å². The SMILES string of the molecule is C.C.C.C.C.C.CC(C)(C)OC(=O)Nc1ccncc1CO.CC(C)(C)OC(=O)Nc1ccncc1COS(C)(=O)=O.CC(C)(C)OC(=O)Nc1ccncc1COS(C)(=O)=O.CC(C)(C)OC(=O)Nc1ccncc1C[18F].CC(C)(C)OC(=O)OC(=O)OC(C)(C)C.CS(=O)(=O)Cl.Nc1ccncc1CO.Nc1ccncc1C[18F].Nc1ccncc1C[18F]. The van der Waals surface area contributed by atoms with E-state index in [9.17, 15) is 67.2 Å². The van der Waals surface area contributed by atoms with Gasteiger partial charge in [0.1, 0.15) is 53.6 Å². The molecule has 0 aliphatic heterocycles. The summed E-state index contributed by atoms with van der Waals surface area (Å²) in [6.07, 6.45) is 19.0. The monoisotopic (exact) mass is 1860 g/mol. The van der Waals surface area contributed by atoms with Crippen LogP contribution in [0.15, 0.2) is 129 Å². The molecule has 4 amide bonds. The molecule has 44 heteroatoms. The van der Waals surface area contributed by atoms with Gasteiger partial charge in [-0.25, -0.2) is 50.4 Å². The van der Waals surface area contributed by atoms with Crippen molar-refractivity contribution >= 4 is 116 Å². The summed E-state index contributed by atoms with van der Waals surface area (Å²) in [5, 5.41) is 27.7. The molecule has 7 heterocycles. The summed E-state index contributed by atoms with van der Waals surface area (Å²) in [6.45, 7) is 28.7. The number of nitrogens with two attached hydrogens (primary N) is 3. The highest BCUT2D eigenvalue weighted by atomic mass is 35.7. The highest BCUT2D eigenvalue weighted by Gasteiger charge is 2.26. The third kappa shape index (κ3) is 73.1. The molecule has 0 fully saturated rings. The van der Waals surface area contributed by atoms with Gasteiger partial charge >= 0.3 is 36.7 Å². The number of aliphatic hydroxyl groups excluding tert-OH is 2. The number of hydrogen-bond acceptors (Lipinski definition) is 33. The van der Waals surface area contributed by atoms with Gasteiger partial charge in [0.05, 0.1) is 67.9 Å². The van der Waals surface area contributed by atoms with E-state index in [4.69, 9.17) is 55.8 Å². The van der Waals surface area contributed by atoms with E-state index in [1.165, 1.54) is 92.6 Å². The Balaban J connectivity index is -0.000000208. The first-order valence-electron chi connectivity index (χ1n) is 34.9. The van der Waals surface area contributed by atoms with Crippen LogP contribution < -0.4 is 38.5 Å². The fourth-order valence-electron chi connectivity index (χ4n) is 6.93. The molecule has 12 N–H and O–H groups in total. The fourth-order valence-corrected chi connectivity index (χ4v) is 7.62. The number of nitrogens with one attached hydrogen (secondary N) is 4. The van der Waals surface area contributed by atoms with Gasteiger partial charge in [-0.15, -0.1) is 0 Å². The molecule has 0 spiro atoms. The molecule has 0 bridgehead atoms. The number of pyridine rings is 7. The van der Waals surface area contributed by atoms with Crippen LogP contribution in [0.5, 0.6) is 0 Å². The first kappa shape index (κ1) is 130. The van der Waals surface area contributed by atoms with Crippen LogP contribution in [0.4, 0.5) is 81.8 Å². The Labute approximate surface area is 741 Å². The zero-order valence-corrected chi connectivity index (χ0v) is 73.3. The fraction of sp³-hybridized carbons (Fsp3) is 0.494. The number of hydrogen-bond donors (Lipinski definition) is 9. The van der Waals surface area contributed by atoms with Gasteiger partial charge in [0.15, 0.2) is 0 Å². The molecule has 0 aliphatic rings. The number of aliphatic hydroxyl groups is 2. The molecule has 0 unspecified atom stereocenters. The number of nitrogens with zero attached hydrogens (tertiary/aromatic N) is 7. The molecule has 7 rings (SSSR count). The number of nitrogen functional groups attached to an aromatic ring is 3. The van der Waals surface area contributed by atoms with Crippen LogP contribution >= 0.6 is 10.7 Å². The first-order chi connectivity index (χ1) is 54.5. The normalized spacial score (nSPS) is 10.6. The molecule has 712 valence electrons. The predicted octanol–water partition coefficient (Wildman–Crippen LogP) is 17.9. The van der Waals surface area contributed by atoms with E-state index in [1.54, 1.807) is 161 Å². The van der Waals surface area contributed by atoms with Crippen LogP contribution in [-0.2, 0) is 117 Å². The van der Waals surface area contributed by atoms with Gasteiger partial charge in [0.2, 0.25) is 9.05 Å². The Morgan fingerprint density at radius 2 is 0.536 bits per heavy atom. The summed E-state index contributed by atoms with van der Waals surface area (Å²) in [6, 6.07) is 11.0. The van der Waals surface area contributed by atoms with E-state index in [2.05, 4.69) is 79.9 Å². The number of rotatable bonds is 15. The number of aromatic nitrogens is 7. The van der Waals surface area contributed by atoms with Gasteiger partial charge in [-0.3, -0.25) is 64.5 Å². The Morgan fingerprint density at radius 1 is 0.344 bits per heavy atom. The van der Waals surface area contributed by atoms with Crippen molar-refractivity contribution in [1.82, 2.24) is 34.9 Å². The van der Waals surface area contributed by atoms with Crippen molar-refractivity contribution in [2.75, 3.05) is 57.2 Å². The maximum atomic E-state index is 12.5. The summed E-state index contributed by atoms with van der Waals surface area (Å²) in [5.74, 6) is 0. The molecule has 0 aromatic carbocycles. The number of carbonyl (C=O) groups excluding carboxylic acids is 6. The molecule has 125 heavy (non-hydrogen) atoms. The van der Waals surface area contributed by atoms with E-state index in [0.717, 1.165) is 18.8 Å². The molecule has 0 radical (unpaired) electrons. The number of alkyl halides is 3. The third-order valence-corrected chi connectivity index (χ3v) is 12.6. The van der Waals surface area contributed by atoms with Gasteiger partial charge in [-0.1, -0.05) is 44.6 Å². The maximum Gasteiger partial charge on any atom is 0.519 e. The Morgan fingerprint density at radius 3 is 0.728 bits per heavy atom. The van der Waals surface area contributed by atoms with Gasteiger partial charge in [-0.2, -0.15) is 16.8 Å². The minimum absolute atomic E-state index is 0. The van der Waals surface area contributed by atoms with Crippen LogP contribution in [0.2, 0.25) is 0 Å². The van der Waals surface area contributed by atoms with E-state index in [0.29, 0.717) is 78.8 Å². The second-order valence-corrected chi connectivity index (χ2v) is 36.1. The zero-order valence-electron chi connectivity index (χ0n) is 70.1. The lowest BCUT2D eigenvalue weighted by Crippen LogP contribution is -2.29. The van der Waals surface area contributed by atoms with Crippen LogP contribution in [-0.4, -0.2) is 159 Å². The summed E-state index contributed by atoms with van der Waals surface area (Å²) in [5.41, 5.74) is 18.9. The van der Waals surface area contributed by atoms with Gasteiger partial charge < -0.3 is 60.6 Å². The van der Waals surface area contributed by atoms with E-state index in [-0.39, 0.29) is 71.0 Å². The summed E-state index contributed by atoms with van der Waals surface area (Å²) < 4.78 is 142. The third-order valence-electron chi connectivity index (χ3n) is 11.6. The van der Waals surface area contributed by atoms with E-state index in [1.807, 2.05) is 0 Å². The van der Waals surface area contributed by atoms with E-state index < -0.39 is 120 Å². The minimum atomic E-state index is -3.57. The number of ether oxygens (including phenoxy) is 7. The number of anilines is 7. The average molecular weight is 1860 g/mol. The highest BCUT2D eigenvalue weighted by Crippen LogP contribution is 2.23. The molecular weight excluding hydrogens is 1720 g/mol. The molecule has 0 saturated heterocycles. The summed E-state index contributed by atoms with van der Waals surface area (Å²) >= 11 is 0. The molecule has 0 aliphatic carbocycles. The van der Waals surface area contributed by atoms with Crippen LogP contribution in [0.25, 0.3) is 0 Å². The second-order valence-electron chi connectivity index (χ2n) is 29.7. The smallest absolute Gasteiger partial charge is 0.444 e. The molecule has 7 aromatic rings. The van der Waals surface area contributed by atoms with Crippen LogP contribution in [0.3, 0.4) is 0 Å².